The van der Waals surface area contributed by atoms with E-state index in [0.29, 0.717) is 0 Å². The molecule has 1 aliphatic heterocycles. The number of likely N-dealkylation sites (tertiary alicyclic amines) is 1. The topological polar surface area (TPSA) is 37.4 Å². The molecule has 0 aliphatic carbocycles. The zero-order valence-corrected chi connectivity index (χ0v) is 15.9. The van der Waals surface area contributed by atoms with E-state index < -0.39 is 0 Å². The molecule has 1 aliphatic rings. The number of hydrogen-bond donors (Lipinski definition) is 1. The van der Waals surface area contributed by atoms with Crippen LogP contribution in [0.2, 0.25) is 0 Å². The van der Waals surface area contributed by atoms with Gasteiger partial charge in [-0.3, -0.25) is 9.88 Å². The summed E-state index contributed by atoms with van der Waals surface area (Å²) < 4.78 is 6.00. The summed E-state index contributed by atoms with van der Waals surface area (Å²) in [5, 5.41) is 4.66. The minimum atomic E-state index is 0.737. The molecule has 0 radical (unpaired) electrons. The number of piperidine rings is 1. The number of pyridine rings is 1. The number of para-hydroxylation sites is 1. The zero-order valence-electron chi connectivity index (χ0n) is 15.9. The number of nitrogens with zero attached hydrogens (tertiary/aromatic N) is 2. The lowest BCUT2D eigenvalue weighted by molar-refractivity contribution is 0.183. The Morgan fingerprint density at radius 2 is 1.85 bits per heavy atom. The van der Waals surface area contributed by atoms with Crippen molar-refractivity contribution < 1.29 is 4.74 Å². The van der Waals surface area contributed by atoms with E-state index in [1.165, 1.54) is 32.4 Å². The van der Waals surface area contributed by atoms with Gasteiger partial charge in [0.05, 0.1) is 5.52 Å². The first-order valence-corrected chi connectivity index (χ1v) is 9.86. The molecule has 2 aromatic carbocycles. The monoisotopic (exact) mass is 361 g/mol. The molecular formula is C23H27N3O. The highest BCUT2D eigenvalue weighted by Crippen LogP contribution is 2.28. The van der Waals surface area contributed by atoms with Crippen molar-refractivity contribution in [1.82, 2.24) is 9.88 Å². The normalized spacial score (nSPS) is 15.0. The van der Waals surface area contributed by atoms with Crippen molar-refractivity contribution >= 4 is 22.3 Å². The lowest BCUT2D eigenvalue weighted by Gasteiger charge is -2.26. The van der Waals surface area contributed by atoms with Gasteiger partial charge in [0.2, 0.25) is 0 Å². The molecule has 27 heavy (non-hydrogen) atoms. The van der Waals surface area contributed by atoms with Crippen molar-refractivity contribution in [1.29, 1.82) is 0 Å². The molecule has 0 unspecified atom stereocenters. The molecule has 140 valence electrons. The first-order chi connectivity index (χ1) is 13.3. The van der Waals surface area contributed by atoms with E-state index in [0.717, 1.165) is 46.9 Å². The van der Waals surface area contributed by atoms with Crippen LogP contribution >= 0.6 is 0 Å². The number of aryl methyl sites for hydroxylation is 1. The standard InChI is InChI=1S/C23H27N3O/c1-18-16-23(21-10-3-4-11-22(21)24-18)25-19-8-7-9-20(17-19)27-15-14-26-12-5-2-6-13-26/h3-4,7-11,16-17H,2,5-6,12-15H2,1H3,(H,24,25). The van der Waals surface area contributed by atoms with Crippen molar-refractivity contribution in [2.24, 2.45) is 0 Å². The first kappa shape index (κ1) is 17.8. The van der Waals surface area contributed by atoms with E-state index in [1.807, 2.05) is 37.3 Å². The fraction of sp³-hybridized carbons (Fsp3) is 0.348. The van der Waals surface area contributed by atoms with Gasteiger partial charge in [-0.15, -0.1) is 0 Å². The van der Waals surface area contributed by atoms with Crippen LogP contribution in [0.4, 0.5) is 11.4 Å². The Kier molecular flexibility index (Phi) is 5.54. The van der Waals surface area contributed by atoms with Crippen LogP contribution in [0.25, 0.3) is 10.9 Å². The van der Waals surface area contributed by atoms with E-state index in [4.69, 9.17) is 4.74 Å². The molecule has 0 saturated carbocycles. The predicted octanol–water partition coefficient (Wildman–Crippen LogP) is 5.15. The number of rotatable bonds is 6. The number of anilines is 2. The van der Waals surface area contributed by atoms with Gasteiger partial charge in [0.1, 0.15) is 12.4 Å². The average Bonchev–Trinajstić information content (AvgIpc) is 2.69. The number of aromatic nitrogens is 1. The van der Waals surface area contributed by atoms with Gasteiger partial charge in [0, 0.05) is 35.1 Å². The minimum absolute atomic E-state index is 0.737. The van der Waals surface area contributed by atoms with Crippen molar-refractivity contribution in [3.05, 3.63) is 60.3 Å². The summed E-state index contributed by atoms with van der Waals surface area (Å²) in [7, 11) is 0. The first-order valence-electron chi connectivity index (χ1n) is 9.86. The second kappa shape index (κ2) is 8.40. The summed E-state index contributed by atoms with van der Waals surface area (Å²) in [6, 6.07) is 18.5. The van der Waals surface area contributed by atoms with Crippen molar-refractivity contribution in [3.8, 4) is 5.75 Å². The SMILES string of the molecule is Cc1cc(Nc2cccc(OCCN3CCCCC3)c2)c2ccccc2n1. The van der Waals surface area contributed by atoms with Crippen LogP contribution in [0.3, 0.4) is 0 Å². The Hall–Kier alpha value is -2.59. The largest absolute Gasteiger partial charge is 0.492 e. The Bertz CT molecular complexity index is 903. The predicted molar refractivity (Wildman–Crippen MR) is 112 cm³/mol. The smallest absolute Gasteiger partial charge is 0.121 e. The van der Waals surface area contributed by atoms with Crippen LogP contribution in [0, 0.1) is 6.92 Å². The highest BCUT2D eigenvalue weighted by molar-refractivity contribution is 5.93. The minimum Gasteiger partial charge on any atom is -0.492 e. The number of fused-ring (bicyclic) bond motifs is 1. The molecule has 0 atom stereocenters. The molecule has 2 heterocycles. The molecule has 1 saturated heterocycles. The molecule has 4 heteroatoms. The summed E-state index contributed by atoms with van der Waals surface area (Å²) in [6.07, 6.45) is 4.01. The zero-order chi connectivity index (χ0) is 18.5. The summed E-state index contributed by atoms with van der Waals surface area (Å²) in [6.45, 7) is 6.18. The number of ether oxygens (including phenoxy) is 1. The van der Waals surface area contributed by atoms with E-state index in [1.54, 1.807) is 0 Å². The summed E-state index contributed by atoms with van der Waals surface area (Å²) >= 11 is 0. The second-order valence-corrected chi connectivity index (χ2v) is 7.23. The Labute approximate surface area is 161 Å². The third-order valence-electron chi connectivity index (χ3n) is 5.08. The number of benzene rings is 2. The van der Waals surface area contributed by atoms with E-state index in [9.17, 15) is 0 Å². The van der Waals surface area contributed by atoms with Gasteiger partial charge in [-0.05, 0) is 57.1 Å². The van der Waals surface area contributed by atoms with E-state index in [2.05, 4.69) is 39.5 Å². The quantitative estimate of drug-likeness (QED) is 0.659. The highest BCUT2D eigenvalue weighted by Gasteiger charge is 2.10. The molecule has 1 fully saturated rings. The van der Waals surface area contributed by atoms with Crippen molar-refractivity contribution in [2.45, 2.75) is 26.2 Å². The number of hydrogen-bond acceptors (Lipinski definition) is 4. The van der Waals surface area contributed by atoms with Crippen molar-refractivity contribution in [3.63, 3.8) is 0 Å². The van der Waals surface area contributed by atoms with E-state index >= 15 is 0 Å². The van der Waals surface area contributed by atoms with Crippen molar-refractivity contribution in [2.75, 3.05) is 31.6 Å². The maximum Gasteiger partial charge on any atom is 0.121 e. The van der Waals surface area contributed by atoms with Gasteiger partial charge >= 0.3 is 0 Å². The van der Waals surface area contributed by atoms with E-state index in [-0.39, 0.29) is 0 Å². The fourth-order valence-electron chi connectivity index (χ4n) is 3.71. The molecular weight excluding hydrogens is 334 g/mol. The third-order valence-corrected chi connectivity index (χ3v) is 5.08. The molecule has 1 aromatic heterocycles. The Balaban J connectivity index is 1.43. The summed E-state index contributed by atoms with van der Waals surface area (Å²) in [5.74, 6) is 0.909. The van der Waals surface area contributed by atoms with Gasteiger partial charge in [0.25, 0.3) is 0 Å². The highest BCUT2D eigenvalue weighted by atomic mass is 16.5. The Morgan fingerprint density at radius 1 is 1.00 bits per heavy atom. The molecule has 0 spiro atoms. The maximum atomic E-state index is 6.00. The van der Waals surface area contributed by atoms with Gasteiger partial charge in [0.15, 0.2) is 0 Å². The number of nitrogens with one attached hydrogen (secondary N) is 1. The van der Waals surface area contributed by atoms with Crippen LogP contribution in [-0.2, 0) is 0 Å². The third kappa shape index (κ3) is 4.58. The maximum absolute atomic E-state index is 6.00. The summed E-state index contributed by atoms with van der Waals surface area (Å²) in [4.78, 5) is 7.11. The van der Waals surface area contributed by atoms with Crippen LogP contribution in [0.5, 0.6) is 5.75 Å². The fourth-order valence-corrected chi connectivity index (χ4v) is 3.71. The van der Waals surface area contributed by atoms with Crippen LogP contribution < -0.4 is 10.1 Å². The second-order valence-electron chi connectivity index (χ2n) is 7.23. The lowest BCUT2D eigenvalue weighted by atomic mass is 10.1. The van der Waals surface area contributed by atoms with Gasteiger partial charge < -0.3 is 10.1 Å². The molecule has 3 aromatic rings. The lowest BCUT2D eigenvalue weighted by Crippen LogP contribution is -2.33. The molecule has 4 rings (SSSR count). The van der Waals surface area contributed by atoms with Crippen LogP contribution in [-0.4, -0.2) is 36.1 Å². The molecule has 0 bridgehead atoms. The van der Waals surface area contributed by atoms with Crippen LogP contribution in [0.1, 0.15) is 25.0 Å². The van der Waals surface area contributed by atoms with Crippen LogP contribution in [0.15, 0.2) is 54.6 Å². The molecule has 1 N–H and O–H groups in total. The van der Waals surface area contributed by atoms with Gasteiger partial charge in [-0.2, -0.15) is 0 Å². The van der Waals surface area contributed by atoms with Gasteiger partial charge in [-0.1, -0.05) is 30.7 Å². The Morgan fingerprint density at radius 3 is 2.74 bits per heavy atom. The average molecular weight is 361 g/mol. The summed E-state index contributed by atoms with van der Waals surface area (Å²) in [5.41, 5.74) is 4.11. The van der Waals surface area contributed by atoms with Gasteiger partial charge in [-0.25, -0.2) is 0 Å². The molecule has 4 nitrogen and oxygen atoms in total. The molecule has 0 amide bonds.